The van der Waals surface area contributed by atoms with E-state index in [2.05, 4.69) is 35.3 Å². The quantitative estimate of drug-likeness (QED) is 0.713. The summed E-state index contributed by atoms with van der Waals surface area (Å²) in [6, 6.07) is 8.77. The monoisotopic (exact) mass is 420 g/mol. The number of rotatable bonds is 6. The Morgan fingerprint density at radius 1 is 1.32 bits per heavy atom. The minimum atomic E-state index is -0.121. The number of carbonyl (C=O) groups excluding carboxylic acids is 1. The van der Waals surface area contributed by atoms with Gasteiger partial charge in [0.15, 0.2) is 0 Å². The van der Waals surface area contributed by atoms with Gasteiger partial charge in [-0.3, -0.25) is 9.69 Å². The second kappa shape index (κ2) is 8.19. The van der Waals surface area contributed by atoms with Crippen LogP contribution in [0.4, 0.5) is 0 Å². The molecule has 164 valence electrons. The number of nitrogens with one attached hydrogen (secondary N) is 1. The van der Waals surface area contributed by atoms with Crippen molar-refractivity contribution in [2.45, 2.75) is 56.5 Å². The van der Waals surface area contributed by atoms with Gasteiger partial charge in [-0.1, -0.05) is 13.0 Å². The largest absolute Gasteiger partial charge is 0.497 e. The molecule has 1 aliphatic heterocycles. The number of ether oxygens (including phenoxy) is 1. The van der Waals surface area contributed by atoms with Crippen LogP contribution in [0.25, 0.3) is 6.08 Å². The zero-order valence-corrected chi connectivity index (χ0v) is 18.5. The molecule has 5 heteroatoms. The molecule has 2 bridgehead atoms. The zero-order valence-electron chi connectivity index (χ0n) is 18.5. The fourth-order valence-corrected chi connectivity index (χ4v) is 5.58. The first-order valence-electron chi connectivity index (χ1n) is 11.5. The van der Waals surface area contributed by atoms with E-state index in [0.29, 0.717) is 6.04 Å². The maximum atomic E-state index is 13.0. The number of likely N-dealkylation sites (tertiary alicyclic amines) is 1. The minimum Gasteiger partial charge on any atom is -0.497 e. The Hall–Kier alpha value is -2.53. The maximum absolute atomic E-state index is 13.0. The number of aryl methyl sites for hydroxylation is 1. The Morgan fingerprint density at radius 3 is 2.94 bits per heavy atom. The molecule has 31 heavy (non-hydrogen) atoms. The molecule has 1 saturated heterocycles. The van der Waals surface area contributed by atoms with E-state index < -0.39 is 0 Å². The predicted octanol–water partition coefficient (Wildman–Crippen LogP) is 4.17. The van der Waals surface area contributed by atoms with Crippen LogP contribution in [0, 0.1) is 5.92 Å². The highest BCUT2D eigenvalue weighted by Crippen LogP contribution is 2.46. The van der Waals surface area contributed by atoms with Crippen molar-refractivity contribution in [1.82, 2.24) is 10.2 Å². The highest BCUT2D eigenvalue weighted by atomic mass is 16.5. The first-order chi connectivity index (χ1) is 15.1. The van der Waals surface area contributed by atoms with Gasteiger partial charge in [0.05, 0.1) is 25.7 Å². The molecule has 3 atom stereocenters. The molecule has 1 amide bonds. The summed E-state index contributed by atoms with van der Waals surface area (Å²) in [5.41, 5.74) is 3.51. The number of piperidine rings is 1. The van der Waals surface area contributed by atoms with Crippen molar-refractivity contribution in [2.75, 3.05) is 20.2 Å². The second-order valence-corrected chi connectivity index (χ2v) is 9.61. The molecule has 2 aromatic rings. The normalized spacial score (nSPS) is 28.2. The first-order valence-corrected chi connectivity index (χ1v) is 11.5. The Labute approximate surface area is 184 Å². The molecule has 3 aliphatic rings. The summed E-state index contributed by atoms with van der Waals surface area (Å²) in [6.45, 7) is 4.59. The summed E-state index contributed by atoms with van der Waals surface area (Å²) in [6.07, 6.45) is 12.5. The molecule has 1 aromatic carbocycles. The van der Waals surface area contributed by atoms with E-state index in [-0.39, 0.29) is 17.4 Å². The predicted molar refractivity (Wildman–Crippen MR) is 121 cm³/mol. The van der Waals surface area contributed by atoms with Crippen LogP contribution in [0.2, 0.25) is 0 Å². The highest BCUT2D eigenvalue weighted by molar-refractivity contribution is 5.92. The number of hydrogen-bond acceptors (Lipinski definition) is 4. The number of carbonyl (C=O) groups is 1. The van der Waals surface area contributed by atoms with Crippen molar-refractivity contribution < 1.29 is 13.9 Å². The summed E-state index contributed by atoms with van der Waals surface area (Å²) in [5.74, 6) is 1.69. The molecule has 1 aromatic heterocycles. The Bertz CT molecular complexity index is 963. The van der Waals surface area contributed by atoms with Gasteiger partial charge in [0, 0.05) is 29.6 Å². The number of nitrogens with zero attached hydrogens (tertiary/aromatic N) is 1. The van der Waals surface area contributed by atoms with E-state index in [1.54, 1.807) is 25.7 Å². The third-order valence-corrected chi connectivity index (χ3v) is 7.56. The van der Waals surface area contributed by atoms with E-state index in [9.17, 15) is 4.79 Å². The average molecular weight is 421 g/mol. The molecule has 1 N–H and O–H groups in total. The van der Waals surface area contributed by atoms with Gasteiger partial charge >= 0.3 is 0 Å². The van der Waals surface area contributed by atoms with Crippen LogP contribution in [0.1, 0.15) is 49.3 Å². The minimum absolute atomic E-state index is 0.0398. The van der Waals surface area contributed by atoms with E-state index in [1.807, 2.05) is 12.1 Å². The standard InChI is InChI=1S/C26H32N2O3/c1-26-12-13-28(16-18-3-4-18)23(9-7-20-6-8-21(30-2)15-22(20)26)25(26)27-24(29)10-5-19-11-14-31-17-19/h5-6,8,10-11,14-15,17-18,23,25H,3-4,7,9,12-13,16H2,1-2H3,(H,27,29). The van der Waals surface area contributed by atoms with Crippen LogP contribution in [-0.4, -0.2) is 43.1 Å². The third-order valence-electron chi connectivity index (χ3n) is 7.56. The maximum Gasteiger partial charge on any atom is 0.244 e. The fraction of sp³-hybridized carbons (Fsp3) is 0.500. The van der Waals surface area contributed by atoms with Crippen LogP contribution in [0.5, 0.6) is 5.75 Å². The summed E-state index contributed by atoms with van der Waals surface area (Å²) in [4.78, 5) is 15.7. The van der Waals surface area contributed by atoms with Gasteiger partial charge in [-0.2, -0.15) is 0 Å². The lowest BCUT2D eigenvalue weighted by Gasteiger charge is -2.51. The Balaban J connectivity index is 1.47. The number of fused-ring (bicyclic) bond motifs is 4. The van der Waals surface area contributed by atoms with Crippen molar-refractivity contribution in [3.8, 4) is 5.75 Å². The molecule has 5 nitrogen and oxygen atoms in total. The van der Waals surface area contributed by atoms with E-state index in [1.165, 1.54) is 24.0 Å². The topological polar surface area (TPSA) is 54.7 Å². The molecular weight excluding hydrogens is 388 g/mol. The highest BCUT2D eigenvalue weighted by Gasteiger charge is 2.50. The van der Waals surface area contributed by atoms with Gasteiger partial charge in [0.25, 0.3) is 0 Å². The summed E-state index contributed by atoms with van der Waals surface area (Å²) in [7, 11) is 1.72. The number of amides is 1. The molecular formula is C26H32N2O3. The third kappa shape index (κ3) is 4.03. The lowest BCUT2D eigenvalue weighted by Crippen LogP contribution is -2.64. The zero-order chi connectivity index (χ0) is 21.4. The van der Waals surface area contributed by atoms with Crippen molar-refractivity contribution in [1.29, 1.82) is 0 Å². The summed E-state index contributed by atoms with van der Waals surface area (Å²) < 4.78 is 10.7. The van der Waals surface area contributed by atoms with Crippen LogP contribution in [0.15, 0.2) is 47.3 Å². The average Bonchev–Trinajstić information content (AvgIpc) is 3.45. The van der Waals surface area contributed by atoms with Gasteiger partial charge in [0.1, 0.15) is 5.75 Å². The van der Waals surface area contributed by atoms with Crippen molar-refractivity contribution in [3.63, 3.8) is 0 Å². The molecule has 0 spiro atoms. The fourth-order valence-electron chi connectivity index (χ4n) is 5.58. The van der Waals surface area contributed by atoms with Crippen LogP contribution in [0.3, 0.4) is 0 Å². The second-order valence-electron chi connectivity index (χ2n) is 9.61. The Kier molecular flexibility index (Phi) is 5.39. The smallest absolute Gasteiger partial charge is 0.244 e. The van der Waals surface area contributed by atoms with Gasteiger partial charge in [-0.05, 0) is 80.0 Å². The number of methoxy groups -OCH3 is 1. The van der Waals surface area contributed by atoms with Gasteiger partial charge in [-0.25, -0.2) is 0 Å². The van der Waals surface area contributed by atoms with Crippen molar-refractivity contribution in [3.05, 3.63) is 59.6 Å². The number of benzene rings is 1. The molecule has 1 saturated carbocycles. The lowest BCUT2D eigenvalue weighted by molar-refractivity contribution is -0.118. The number of furan rings is 1. The SMILES string of the molecule is COc1ccc2c(c1)C1(C)CCN(CC3CC3)C(CC2)C1NC(=O)C=Cc1ccoc1. The van der Waals surface area contributed by atoms with E-state index >= 15 is 0 Å². The molecule has 3 unspecified atom stereocenters. The van der Waals surface area contributed by atoms with E-state index in [4.69, 9.17) is 9.15 Å². The molecule has 0 radical (unpaired) electrons. The molecule has 2 fully saturated rings. The van der Waals surface area contributed by atoms with Crippen LogP contribution >= 0.6 is 0 Å². The summed E-state index contributed by atoms with van der Waals surface area (Å²) >= 11 is 0. The van der Waals surface area contributed by atoms with Crippen LogP contribution in [-0.2, 0) is 16.6 Å². The van der Waals surface area contributed by atoms with Gasteiger partial charge in [0.2, 0.25) is 5.91 Å². The van der Waals surface area contributed by atoms with Gasteiger partial charge < -0.3 is 14.5 Å². The van der Waals surface area contributed by atoms with E-state index in [0.717, 1.165) is 49.6 Å². The summed E-state index contributed by atoms with van der Waals surface area (Å²) in [5, 5.41) is 3.43. The van der Waals surface area contributed by atoms with Crippen molar-refractivity contribution >= 4 is 12.0 Å². The lowest BCUT2D eigenvalue weighted by atomic mass is 9.68. The molecule has 2 heterocycles. The number of hydrogen-bond donors (Lipinski definition) is 1. The molecule has 5 rings (SSSR count). The Morgan fingerprint density at radius 2 is 2.19 bits per heavy atom. The van der Waals surface area contributed by atoms with Gasteiger partial charge in [-0.15, -0.1) is 0 Å². The first kappa shape index (κ1) is 20.4. The van der Waals surface area contributed by atoms with Crippen molar-refractivity contribution in [2.24, 2.45) is 5.92 Å². The molecule has 2 aliphatic carbocycles. The van der Waals surface area contributed by atoms with Crippen LogP contribution < -0.4 is 10.1 Å².